The molecule has 0 aromatic heterocycles. The average Bonchev–Trinajstić information content (AvgIpc) is 2.17. The lowest BCUT2D eigenvalue weighted by molar-refractivity contribution is -0.0684. The van der Waals surface area contributed by atoms with Crippen LogP contribution in [-0.2, 0) is 0 Å². The van der Waals surface area contributed by atoms with Crippen molar-refractivity contribution >= 4 is 0 Å². The molecule has 0 rings (SSSR count). The van der Waals surface area contributed by atoms with Crippen LogP contribution in [0.15, 0.2) is 0 Å². The lowest BCUT2D eigenvalue weighted by atomic mass is 10.0. The molecule has 86 valence electrons. The SMILES string of the molecule is CCCCCC(O)C(O)C(O)CCO. The molecule has 4 N–H and O–H groups in total. The Morgan fingerprint density at radius 1 is 0.929 bits per heavy atom. The quantitative estimate of drug-likeness (QED) is 0.422. The van der Waals surface area contributed by atoms with Crippen molar-refractivity contribution in [2.75, 3.05) is 6.61 Å². The largest absolute Gasteiger partial charge is 0.396 e. The molecule has 0 aliphatic heterocycles. The molecule has 0 aliphatic carbocycles. The van der Waals surface area contributed by atoms with Crippen molar-refractivity contribution in [2.45, 2.75) is 57.3 Å². The summed E-state index contributed by atoms with van der Waals surface area (Å²) in [5.41, 5.74) is 0. The Morgan fingerprint density at radius 3 is 2.00 bits per heavy atom. The van der Waals surface area contributed by atoms with Crippen LogP contribution in [-0.4, -0.2) is 45.3 Å². The van der Waals surface area contributed by atoms with Gasteiger partial charge in [0.15, 0.2) is 0 Å². The van der Waals surface area contributed by atoms with Gasteiger partial charge in [-0.05, 0) is 12.8 Å². The Morgan fingerprint density at radius 2 is 1.50 bits per heavy atom. The first-order chi connectivity index (χ1) is 6.63. The van der Waals surface area contributed by atoms with Gasteiger partial charge >= 0.3 is 0 Å². The third-order valence-corrected chi connectivity index (χ3v) is 2.32. The molecule has 0 fully saturated rings. The van der Waals surface area contributed by atoms with Gasteiger partial charge in [0.25, 0.3) is 0 Å². The minimum atomic E-state index is -1.14. The first-order valence-corrected chi connectivity index (χ1v) is 5.28. The van der Waals surface area contributed by atoms with Gasteiger partial charge in [-0.25, -0.2) is 0 Å². The molecule has 0 saturated carbocycles. The first-order valence-electron chi connectivity index (χ1n) is 5.28. The summed E-state index contributed by atoms with van der Waals surface area (Å²) in [6, 6.07) is 0. The highest BCUT2D eigenvalue weighted by Gasteiger charge is 2.23. The van der Waals surface area contributed by atoms with Crippen LogP contribution in [0.3, 0.4) is 0 Å². The van der Waals surface area contributed by atoms with Gasteiger partial charge in [-0.15, -0.1) is 0 Å². The van der Waals surface area contributed by atoms with Gasteiger partial charge in [0, 0.05) is 6.61 Å². The van der Waals surface area contributed by atoms with Gasteiger partial charge in [-0.2, -0.15) is 0 Å². The van der Waals surface area contributed by atoms with Crippen molar-refractivity contribution in [1.29, 1.82) is 0 Å². The Kier molecular flexibility index (Phi) is 8.08. The maximum Gasteiger partial charge on any atom is 0.106 e. The normalized spacial score (nSPS) is 17.8. The van der Waals surface area contributed by atoms with Gasteiger partial charge in [0.2, 0.25) is 0 Å². The van der Waals surface area contributed by atoms with E-state index < -0.39 is 18.3 Å². The van der Waals surface area contributed by atoms with Gasteiger partial charge in [0.05, 0.1) is 12.2 Å². The summed E-state index contributed by atoms with van der Waals surface area (Å²) in [6.07, 6.45) is 0.463. The summed E-state index contributed by atoms with van der Waals surface area (Å²) < 4.78 is 0. The van der Waals surface area contributed by atoms with Crippen molar-refractivity contribution in [3.63, 3.8) is 0 Å². The summed E-state index contributed by atoms with van der Waals surface area (Å²) in [6.45, 7) is 1.88. The molecule has 0 heterocycles. The summed E-state index contributed by atoms with van der Waals surface area (Å²) in [7, 11) is 0. The van der Waals surface area contributed by atoms with Crippen molar-refractivity contribution in [3.8, 4) is 0 Å². The van der Waals surface area contributed by atoms with E-state index in [1.807, 2.05) is 0 Å². The van der Waals surface area contributed by atoms with Crippen LogP contribution in [0.1, 0.15) is 39.0 Å². The zero-order valence-electron chi connectivity index (χ0n) is 8.76. The Hall–Kier alpha value is -0.160. The van der Waals surface area contributed by atoms with Crippen LogP contribution in [0.5, 0.6) is 0 Å². The highest BCUT2D eigenvalue weighted by Crippen LogP contribution is 2.11. The van der Waals surface area contributed by atoms with Crippen molar-refractivity contribution in [2.24, 2.45) is 0 Å². The summed E-state index contributed by atoms with van der Waals surface area (Å²) >= 11 is 0. The molecule has 3 unspecified atom stereocenters. The highest BCUT2D eigenvalue weighted by molar-refractivity contribution is 4.74. The number of rotatable bonds is 8. The molecule has 0 radical (unpaired) electrons. The molecule has 4 heteroatoms. The van der Waals surface area contributed by atoms with E-state index in [1.54, 1.807) is 0 Å². The number of aliphatic hydroxyl groups is 4. The van der Waals surface area contributed by atoms with Gasteiger partial charge in [0.1, 0.15) is 6.10 Å². The lowest BCUT2D eigenvalue weighted by Crippen LogP contribution is -2.37. The standard InChI is InChI=1S/C10H22O4/c1-2-3-4-5-8(12)10(14)9(13)6-7-11/h8-14H,2-7H2,1H3. The van der Waals surface area contributed by atoms with Gasteiger partial charge in [-0.3, -0.25) is 0 Å². The lowest BCUT2D eigenvalue weighted by Gasteiger charge is -2.22. The smallest absolute Gasteiger partial charge is 0.106 e. The van der Waals surface area contributed by atoms with Crippen LogP contribution in [0, 0.1) is 0 Å². The molecule has 4 nitrogen and oxygen atoms in total. The Balaban J connectivity index is 3.68. The highest BCUT2D eigenvalue weighted by atomic mass is 16.4. The third kappa shape index (κ3) is 5.54. The molecule has 0 amide bonds. The van der Waals surface area contributed by atoms with Crippen molar-refractivity contribution in [1.82, 2.24) is 0 Å². The Labute approximate surface area is 85.2 Å². The third-order valence-electron chi connectivity index (χ3n) is 2.32. The fourth-order valence-electron chi connectivity index (χ4n) is 1.33. The van der Waals surface area contributed by atoms with Gasteiger partial charge < -0.3 is 20.4 Å². The second kappa shape index (κ2) is 8.17. The van der Waals surface area contributed by atoms with E-state index in [0.29, 0.717) is 6.42 Å². The number of hydrogen-bond donors (Lipinski definition) is 4. The van der Waals surface area contributed by atoms with E-state index in [0.717, 1.165) is 19.3 Å². The van der Waals surface area contributed by atoms with E-state index in [-0.39, 0.29) is 13.0 Å². The van der Waals surface area contributed by atoms with E-state index >= 15 is 0 Å². The summed E-state index contributed by atoms with van der Waals surface area (Å²) in [4.78, 5) is 0. The van der Waals surface area contributed by atoms with Crippen molar-refractivity contribution in [3.05, 3.63) is 0 Å². The van der Waals surface area contributed by atoms with E-state index in [9.17, 15) is 15.3 Å². The first kappa shape index (κ1) is 13.8. The topological polar surface area (TPSA) is 80.9 Å². The molecule has 0 aromatic carbocycles. The fourth-order valence-corrected chi connectivity index (χ4v) is 1.33. The zero-order valence-corrected chi connectivity index (χ0v) is 8.76. The predicted molar refractivity (Wildman–Crippen MR) is 53.9 cm³/mol. The van der Waals surface area contributed by atoms with Crippen LogP contribution in [0.25, 0.3) is 0 Å². The van der Waals surface area contributed by atoms with E-state index in [1.165, 1.54) is 0 Å². The van der Waals surface area contributed by atoms with Crippen LogP contribution in [0.2, 0.25) is 0 Å². The second-order valence-corrected chi connectivity index (χ2v) is 3.63. The molecule has 0 spiro atoms. The molecular weight excluding hydrogens is 184 g/mol. The Bertz CT molecular complexity index is 129. The minimum absolute atomic E-state index is 0.103. The van der Waals surface area contributed by atoms with Crippen LogP contribution < -0.4 is 0 Å². The molecule has 0 aliphatic rings. The average molecular weight is 206 g/mol. The minimum Gasteiger partial charge on any atom is -0.396 e. The molecule has 3 atom stereocenters. The van der Waals surface area contributed by atoms with Gasteiger partial charge in [-0.1, -0.05) is 26.2 Å². The second-order valence-electron chi connectivity index (χ2n) is 3.63. The fraction of sp³-hybridized carbons (Fsp3) is 1.00. The van der Waals surface area contributed by atoms with E-state index in [4.69, 9.17) is 5.11 Å². The molecule has 0 saturated heterocycles. The summed E-state index contributed by atoms with van der Waals surface area (Å²) in [5.74, 6) is 0. The maximum absolute atomic E-state index is 9.45. The number of unbranched alkanes of at least 4 members (excludes halogenated alkanes) is 2. The van der Waals surface area contributed by atoms with Crippen molar-refractivity contribution < 1.29 is 20.4 Å². The van der Waals surface area contributed by atoms with Crippen LogP contribution >= 0.6 is 0 Å². The maximum atomic E-state index is 9.45. The van der Waals surface area contributed by atoms with E-state index in [2.05, 4.69) is 6.92 Å². The number of hydrogen-bond acceptors (Lipinski definition) is 4. The predicted octanol–water partition coefficient (Wildman–Crippen LogP) is 0.0318. The number of aliphatic hydroxyl groups excluding tert-OH is 4. The molecule has 0 bridgehead atoms. The summed E-state index contributed by atoms with van der Waals surface area (Å²) in [5, 5.41) is 36.7. The van der Waals surface area contributed by atoms with Crippen LogP contribution in [0.4, 0.5) is 0 Å². The monoisotopic (exact) mass is 206 g/mol. The zero-order chi connectivity index (χ0) is 11.0. The molecule has 0 aromatic rings. The molecular formula is C10H22O4. The molecule has 14 heavy (non-hydrogen) atoms.